The molecule has 0 bridgehead atoms. The van der Waals surface area contributed by atoms with Crippen molar-refractivity contribution >= 4 is 5.91 Å². The van der Waals surface area contributed by atoms with E-state index in [0.29, 0.717) is 5.92 Å². The summed E-state index contributed by atoms with van der Waals surface area (Å²) in [4.78, 5) is 17.3. The number of likely N-dealkylation sites (N-methyl/N-ethyl adjacent to an activating group) is 1. The van der Waals surface area contributed by atoms with E-state index in [4.69, 9.17) is 9.47 Å². The van der Waals surface area contributed by atoms with Crippen LogP contribution in [0.1, 0.15) is 30.0 Å². The second-order valence-electron chi connectivity index (χ2n) is 7.94. The lowest BCUT2D eigenvalue weighted by atomic mass is 9.89. The van der Waals surface area contributed by atoms with Crippen LogP contribution in [0.4, 0.5) is 0 Å². The van der Waals surface area contributed by atoms with Gasteiger partial charge in [-0.3, -0.25) is 9.69 Å². The predicted molar refractivity (Wildman–Crippen MR) is 115 cm³/mol. The SMILES string of the molecule is COc1ccc(CC2CCN(C(=O)C(c3ccccc3)N(C)C)CC2)cc1OC. The molecule has 1 amide bonds. The van der Waals surface area contributed by atoms with Gasteiger partial charge in [0.2, 0.25) is 5.91 Å². The summed E-state index contributed by atoms with van der Waals surface area (Å²) in [6.07, 6.45) is 3.04. The summed E-state index contributed by atoms with van der Waals surface area (Å²) in [5.74, 6) is 2.30. The fourth-order valence-corrected chi connectivity index (χ4v) is 4.17. The Balaban J connectivity index is 1.60. The molecule has 1 fully saturated rings. The highest BCUT2D eigenvalue weighted by Crippen LogP contribution is 2.31. The maximum Gasteiger partial charge on any atom is 0.244 e. The van der Waals surface area contributed by atoms with Crippen LogP contribution in [0, 0.1) is 5.92 Å². The van der Waals surface area contributed by atoms with Crippen LogP contribution in [0.15, 0.2) is 48.5 Å². The van der Waals surface area contributed by atoms with Gasteiger partial charge in [0.15, 0.2) is 11.5 Å². The fraction of sp³-hybridized carbons (Fsp3) is 0.458. The van der Waals surface area contributed by atoms with Gasteiger partial charge in [0.25, 0.3) is 0 Å². The average Bonchev–Trinajstić information content (AvgIpc) is 2.74. The smallest absolute Gasteiger partial charge is 0.244 e. The minimum atomic E-state index is -0.224. The van der Waals surface area contributed by atoms with Crippen LogP contribution in [0.25, 0.3) is 0 Å². The van der Waals surface area contributed by atoms with Crippen molar-refractivity contribution in [3.05, 3.63) is 59.7 Å². The largest absolute Gasteiger partial charge is 0.493 e. The van der Waals surface area contributed by atoms with Crippen molar-refractivity contribution in [1.29, 1.82) is 0 Å². The van der Waals surface area contributed by atoms with Gasteiger partial charge >= 0.3 is 0 Å². The number of carbonyl (C=O) groups excluding carboxylic acids is 1. The second-order valence-corrected chi connectivity index (χ2v) is 7.94. The van der Waals surface area contributed by atoms with E-state index in [9.17, 15) is 4.79 Å². The first-order valence-corrected chi connectivity index (χ1v) is 10.2. The molecule has 0 aliphatic carbocycles. The molecule has 3 rings (SSSR count). The molecule has 2 aromatic rings. The zero-order valence-electron chi connectivity index (χ0n) is 17.9. The number of hydrogen-bond donors (Lipinski definition) is 0. The summed E-state index contributed by atoms with van der Waals surface area (Å²) in [6, 6.07) is 16.0. The molecule has 0 radical (unpaired) electrons. The summed E-state index contributed by atoms with van der Waals surface area (Å²) >= 11 is 0. The molecule has 2 aromatic carbocycles. The number of amides is 1. The maximum atomic E-state index is 13.2. The number of hydrogen-bond acceptors (Lipinski definition) is 4. The Bertz CT molecular complexity index is 799. The van der Waals surface area contributed by atoms with Gasteiger partial charge in [-0.15, -0.1) is 0 Å². The van der Waals surface area contributed by atoms with Crippen LogP contribution >= 0.6 is 0 Å². The van der Waals surface area contributed by atoms with Crippen molar-refractivity contribution in [2.24, 2.45) is 5.92 Å². The molecule has 0 saturated carbocycles. The fourth-order valence-electron chi connectivity index (χ4n) is 4.17. The summed E-state index contributed by atoms with van der Waals surface area (Å²) in [6.45, 7) is 1.63. The summed E-state index contributed by atoms with van der Waals surface area (Å²) in [5.41, 5.74) is 2.30. The molecule has 0 spiro atoms. The van der Waals surface area contributed by atoms with E-state index in [0.717, 1.165) is 49.4 Å². The Kier molecular flexibility index (Phi) is 7.15. The molecule has 1 aliphatic rings. The van der Waals surface area contributed by atoms with E-state index < -0.39 is 0 Å². The lowest BCUT2D eigenvalue weighted by Crippen LogP contribution is -2.44. The zero-order chi connectivity index (χ0) is 20.8. The van der Waals surface area contributed by atoms with Gasteiger partial charge < -0.3 is 14.4 Å². The molecule has 0 N–H and O–H groups in total. The van der Waals surface area contributed by atoms with Crippen molar-refractivity contribution in [1.82, 2.24) is 9.80 Å². The van der Waals surface area contributed by atoms with Crippen LogP contribution in [0.5, 0.6) is 11.5 Å². The lowest BCUT2D eigenvalue weighted by Gasteiger charge is -2.36. The first-order valence-electron chi connectivity index (χ1n) is 10.2. The third-order valence-corrected chi connectivity index (χ3v) is 5.76. The first kappa shape index (κ1) is 21.2. The van der Waals surface area contributed by atoms with Gasteiger partial charge in [-0.2, -0.15) is 0 Å². The second kappa shape index (κ2) is 9.79. The van der Waals surface area contributed by atoms with E-state index in [1.165, 1.54) is 5.56 Å². The summed E-state index contributed by atoms with van der Waals surface area (Å²) in [5, 5.41) is 0. The molecule has 1 aliphatic heterocycles. The van der Waals surface area contributed by atoms with E-state index in [1.807, 2.05) is 60.3 Å². The first-order chi connectivity index (χ1) is 14.0. The molecular weight excluding hydrogens is 364 g/mol. The normalized spacial score (nSPS) is 16.0. The highest BCUT2D eigenvalue weighted by molar-refractivity contribution is 5.83. The highest BCUT2D eigenvalue weighted by atomic mass is 16.5. The number of likely N-dealkylation sites (tertiary alicyclic amines) is 1. The highest BCUT2D eigenvalue weighted by Gasteiger charge is 2.30. The quantitative estimate of drug-likeness (QED) is 0.714. The predicted octanol–water partition coefficient (Wildman–Crippen LogP) is 3.79. The topological polar surface area (TPSA) is 42.0 Å². The number of piperidine rings is 1. The van der Waals surface area contributed by atoms with E-state index in [2.05, 4.69) is 12.1 Å². The molecule has 29 heavy (non-hydrogen) atoms. The van der Waals surface area contributed by atoms with Gasteiger partial charge in [0.05, 0.1) is 14.2 Å². The van der Waals surface area contributed by atoms with Crippen LogP contribution in [-0.2, 0) is 11.2 Å². The Morgan fingerprint density at radius 3 is 2.28 bits per heavy atom. The molecule has 1 saturated heterocycles. The van der Waals surface area contributed by atoms with Crippen LogP contribution in [-0.4, -0.2) is 57.1 Å². The third kappa shape index (κ3) is 5.10. The molecule has 1 unspecified atom stereocenters. The third-order valence-electron chi connectivity index (χ3n) is 5.76. The van der Waals surface area contributed by atoms with Crippen molar-refractivity contribution in [3.63, 3.8) is 0 Å². The van der Waals surface area contributed by atoms with Crippen molar-refractivity contribution in [2.45, 2.75) is 25.3 Å². The summed E-state index contributed by atoms with van der Waals surface area (Å²) < 4.78 is 10.7. The molecule has 5 heteroatoms. The number of rotatable bonds is 7. The Labute approximate surface area is 174 Å². The average molecular weight is 397 g/mol. The molecule has 0 aromatic heterocycles. The van der Waals surface area contributed by atoms with Crippen LogP contribution in [0.2, 0.25) is 0 Å². The number of ether oxygens (including phenoxy) is 2. The maximum absolute atomic E-state index is 13.2. The van der Waals surface area contributed by atoms with E-state index in [1.54, 1.807) is 14.2 Å². The van der Waals surface area contributed by atoms with Crippen molar-refractivity contribution in [2.75, 3.05) is 41.4 Å². The van der Waals surface area contributed by atoms with Gasteiger partial charge in [-0.05, 0) is 62.5 Å². The zero-order valence-corrected chi connectivity index (χ0v) is 17.9. The minimum absolute atomic E-state index is 0.200. The minimum Gasteiger partial charge on any atom is -0.493 e. The van der Waals surface area contributed by atoms with Gasteiger partial charge in [-0.25, -0.2) is 0 Å². The Hall–Kier alpha value is -2.53. The van der Waals surface area contributed by atoms with Crippen LogP contribution < -0.4 is 9.47 Å². The monoisotopic (exact) mass is 396 g/mol. The van der Waals surface area contributed by atoms with E-state index >= 15 is 0 Å². The van der Waals surface area contributed by atoms with Gasteiger partial charge in [-0.1, -0.05) is 36.4 Å². The van der Waals surface area contributed by atoms with Gasteiger partial charge in [0, 0.05) is 13.1 Å². The van der Waals surface area contributed by atoms with Crippen molar-refractivity contribution in [3.8, 4) is 11.5 Å². The Morgan fingerprint density at radius 1 is 1.03 bits per heavy atom. The molecule has 1 heterocycles. The number of carbonyl (C=O) groups is 1. The number of nitrogens with zero attached hydrogens (tertiary/aromatic N) is 2. The summed E-state index contributed by atoms with van der Waals surface area (Å²) in [7, 11) is 7.26. The van der Waals surface area contributed by atoms with Gasteiger partial charge in [0.1, 0.15) is 6.04 Å². The van der Waals surface area contributed by atoms with E-state index in [-0.39, 0.29) is 11.9 Å². The van der Waals surface area contributed by atoms with Crippen LogP contribution in [0.3, 0.4) is 0 Å². The molecule has 156 valence electrons. The number of benzene rings is 2. The molecule has 5 nitrogen and oxygen atoms in total. The molecule has 1 atom stereocenters. The lowest BCUT2D eigenvalue weighted by molar-refractivity contribution is -0.137. The standard InChI is InChI=1S/C24H32N2O3/c1-25(2)23(20-8-6-5-7-9-20)24(27)26-14-12-18(13-15-26)16-19-10-11-21(28-3)22(17-19)29-4/h5-11,17-18,23H,12-16H2,1-4H3. The Morgan fingerprint density at radius 2 is 1.69 bits per heavy atom. The number of methoxy groups -OCH3 is 2. The van der Waals surface area contributed by atoms with Crippen molar-refractivity contribution < 1.29 is 14.3 Å². The molecular formula is C24H32N2O3.